The number of urea groups is 1. The van der Waals surface area contributed by atoms with Gasteiger partial charge in [-0.05, 0) is 18.2 Å². The minimum absolute atomic E-state index is 0.207. The first-order valence-corrected chi connectivity index (χ1v) is 5.52. The summed E-state index contributed by atoms with van der Waals surface area (Å²) in [6.07, 6.45) is -4.56. The molecule has 104 valence electrons. The number of hydrogen-bond donors (Lipinski definition) is 1. The molecule has 0 saturated carbocycles. The molecule has 1 fully saturated rings. The van der Waals surface area contributed by atoms with Crippen LogP contribution in [-0.2, 0) is 6.18 Å². The maximum Gasteiger partial charge on any atom is 0.416 e. The summed E-state index contributed by atoms with van der Waals surface area (Å²) in [5.41, 5.74) is -1.25. The number of imide groups is 1. The zero-order valence-electron chi connectivity index (χ0n) is 9.94. The number of nitrogens with zero attached hydrogens (tertiary/aromatic N) is 2. The SMILES string of the molecule is N#CC1CN1C(=O)NC(=O)c1cccc(C(F)(F)F)c1. The number of rotatable bonds is 1. The lowest BCUT2D eigenvalue weighted by Gasteiger charge is -2.09. The number of carbonyl (C=O) groups is 2. The van der Waals surface area contributed by atoms with Crippen LogP contribution in [0.4, 0.5) is 18.0 Å². The van der Waals surface area contributed by atoms with Crippen molar-refractivity contribution in [3.8, 4) is 6.07 Å². The minimum Gasteiger partial charge on any atom is -0.303 e. The van der Waals surface area contributed by atoms with Crippen molar-refractivity contribution < 1.29 is 22.8 Å². The summed E-state index contributed by atoms with van der Waals surface area (Å²) in [6, 6.07) is 4.18. The fraction of sp³-hybridized carbons (Fsp3) is 0.250. The third-order valence-electron chi connectivity index (χ3n) is 2.69. The van der Waals surface area contributed by atoms with E-state index in [9.17, 15) is 22.8 Å². The van der Waals surface area contributed by atoms with Gasteiger partial charge in [-0.1, -0.05) is 6.07 Å². The number of hydrogen-bond acceptors (Lipinski definition) is 3. The largest absolute Gasteiger partial charge is 0.416 e. The molecule has 3 amide bonds. The highest BCUT2D eigenvalue weighted by Gasteiger charge is 2.39. The van der Waals surface area contributed by atoms with Crippen LogP contribution in [0.15, 0.2) is 24.3 Å². The number of nitriles is 1. The van der Waals surface area contributed by atoms with E-state index in [-0.39, 0.29) is 12.1 Å². The third-order valence-corrected chi connectivity index (χ3v) is 2.69. The van der Waals surface area contributed by atoms with Gasteiger partial charge in [0.15, 0.2) is 0 Å². The van der Waals surface area contributed by atoms with Crippen LogP contribution in [-0.4, -0.2) is 29.4 Å². The van der Waals surface area contributed by atoms with Crippen LogP contribution < -0.4 is 5.32 Å². The van der Waals surface area contributed by atoms with Gasteiger partial charge in [0.25, 0.3) is 5.91 Å². The molecule has 0 aliphatic carbocycles. The zero-order valence-corrected chi connectivity index (χ0v) is 9.94. The van der Waals surface area contributed by atoms with Gasteiger partial charge in [0.05, 0.1) is 18.2 Å². The van der Waals surface area contributed by atoms with E-state index in [0.717, 1.165) is 17.0 Å². The molecule has 1 aromatic rings. The summed E-state index contributed by atoms with van der Waals surface area (Å²) in [7, 11) is 0. The molecular formula is C12H8F3N3O2. The van der Waals surface area contributed by atoms with E-state index in [0.29, 0.717) is 6.07 Å². The molecule has 8 heteroatoms. The summed E-state index contributed by atoms with van der Waals surface area (Å²) < 4.78 is 37.5. The van der Waals surface area contributed by atoms with Crippen LogP contribution in [0.1, 0.15) is 15.9 Å². The zero-order chi connectivity index (χ0) is 14.9. The smallest absolute Gasteiger partial charge is 0.303 e. The van der Waals surface area contributed by atoms with E-state index in [2.05, 4.69) is 0 Å². The Bertz CT molecular complexity index is 607. The molecule has 0 radical (unpaired) electrons. The summed E-state index contributed by atoms with van der Waals surface area (Å²) in [5, 5.41) is 10.5. The first-order chi connectivity index (χ1) is 9.32. The summed E-state index contributed by atoms with van der Waals surface area (Å²) in [4.78, 5) is 24.2. The molecule has 0 bridgehead atoms. The van der Waals surface area contributed by atoms with Gasteiger partial charge in [-0.25, -0.2) is 4.79 Å². The second-order valence-corrected chi connectivity index (χ2v) is 4.14. The Kier molecular flexibility index (Phi) is 3.36. The highest BCUT2D eigenvalue weighted by atomic mass is 19.4. The van der Waals surface area contributed by atoms with Crippen molar-refractivity contribution in [3.05, 3.63) is 35.4 Å². The highest BCUT2D eigenvalue weighted by molar-refractivity contribution is 6.04. The lowest BCUT2D eigenvalue weighted by atomic mass is 10.1. The number of alkyl halides is 3. The Hall–Kier alpha value is -2.56. The second kappa shape index (κ2) is 4.85. The van der Waals surface area contributed by atoms with Crippen LogP contribution in [0.2, 0.25) is 0 Å². The van der Waals surface area contributed by atoms with Gasteiger partial charge in [-0.2, -0.15) is 18.4 Å². The maximum absolute atomic E-state index is 12.5. The van der Waals surface area contributed by atoms with E-state index in [1.54, 1.807) is 0 Å². The molecule has 1 aliphatic heterocycles. The predicted octanol–water partition coefficient (Wildman–Crippen LogP) is 1.76. The van der Waals surface area contributed by atoms with E-state index in [1.807, 2.05) is 11.4 Å². The molecule has 1 heterocycles. The van der Waals surface area contributed by atoms with E-state index in [4.69, 9.17) is 5.26 Å². The lowest BCUT2D eigenvalue weighted by molar-refractivity contribution is -0.137. The molecule has 1 aromatic carbocycles. The van der Waals surface area contributed by atoms with Crippen molar-refractivity contribution in [2.24, 2.45) is 0 Å². The first kappa shape index (κ1) is 13.9. The first-order valence-electron chi connectivity index (χ1n) is 5.52. The van der Waals surface area contributed by atoms with E-state index in [1.165, 1.54) is 6.07 Å². The fourth-order valence-corrected chi connectivity index (χ4v) is 1.55. The number of halogens is 3. The van der Waals surface area contributed by atoms with Gasteiger partial charge in [0, 0.05) is 5.56 Å². The minimum atomic E-state index is -4.56. The molecule has 1 saturated heterocycles. The third kappa shape index (κ3) is 2.88. The molecule has 5 nitrogen and oxygen atoms in total. The summed E-state index contributed by atoms with van der Waals surface area (Å²) in [5.74, 6) is -0.940. The standard InChI is InChI=1S/C12H8F3N3O2/c13-12(14,15)8-3-1-2-7(4-8)10(19)17-11(20)18-6-9(18)5-16/h1-4,9H,6H2,(H,17,19,20). The quantitative estimate of drug-likeness (QED) is 0.798. The van der Waals surface area contributed by atoms with Crippen molar-refractivity contribution in [2.75, 3.05) is 6.54 Å². The molecule has 1 unspecified atom stereocenters. The average Bonchev–Trinajstić information content (AvgIpc) is 3.17. The van der Waals surface area contributed by atoms with Crippen molar-refractivity contribution >= 4 is 11.9 Å². The van der Waals surface area contributed by atoms with Crippen LogP contribution in [0.5, 0.6) is 0 Å². The van der Waals surface area contributed by atoms with Crippen LogP contribution >= 0.6 is 0 Å². The lowest BCUT2D eigenvalue weighted by Crippen LogP contribution is -2.35. The second-order valence-electron chi connectivity index (χ2n) is 4.14. The average molecular weight is 283 g/mol. The Labute approximate surface area is 111 Å². The number of nitrogens with one attached hydrogen (secondary N) is 1. The molecule has 1 atom stereocenters. The van der Waals surface area contributed by atoms with Crippen LogP contribution in [0.25, 0.3) is 0 Å². The van der Waals surface area contributed by atoms with E-state index < -0.39 is 29.7 Å². The summed E-state index contributed by atoms with van der Waals surface area (Å²) >= 11 is 0. The van der Waals surface area contributed by atoms with Crippen LogP contribution in [0, 0.1) is 11.3 Å². The van der Waals surface area contributed by atoms with E-state index >= 15 is 0 Å². The normalized spacial score (nSPS) is 17.3. The van der Waals surface area contributed by atoms with Crippen molar-refractivity contribution in [1.82, 2.24) is 10.2 Å². The number of carbonyl (C=O) groups excluding carboxylic acids is 2. The summed E-state index contributed by atoms with van der Waals surface area (Å²) in [6.45, 7) is 0.207. The topological polar surface area (TPSA) is 73.0 Å². The fourth-order valence-electron chi connectivity index (χ4n) is 1.55. The Morgan fingerprint density at radius 2 is 2.10 bits per heavy atom. The highest BCUT2D eigenvalue weighted by Crippen LogP contribution is 2.29. The molecular weight excluding hydrogens is 275 g/mol. The molecule has 1 N–H and O–H groups in total. The van der Waals surface area contributed by atoms with Gasteiger partial charge < -0.3 is 4.90 Å². The maximum atomic E-state index is 12.5. The van der Waals surface area contributed by atoms with Crippen molar-refractivity contribution in [2.45, 2.75) is 12.2 Å². The monoisotopic (exact) mass is 283 g/mol. The Morgan fingerprint density at radius 3 is 2.65 bits per heavy atom. The van der Waals surface area contributed by atoms with Gasteiger partial charge >= 0.3 is 12.2 Å². The van der Waals surface area contributed by atoms with Gasteiger partial charge in [0.1, 0.15) is 6.04 Å². The molecule has 20 heavy (non-hydrogen) atoms. The van der Waals surface area contributed by atoms with Gasteiger partial charge in [-0.3, -0.25) is 10.1 Å². The molecule has 0 spiro atoms. The molecule has 0 aromatic heterocycles. The Balaban J connectivity index is 2.07. The predicted molar refractivity (Wildman–Crippen MR) is 60.4 cm³/mol. The Morgan fingerprint density at radius 1 is 1.40 bits per heavy atom. The van der Waals surface area contributed by atoms with Crippen molar-refractivity contribution in [1.29, 1.82) is 5.26 Å². The number of benzene rings is 1. The van der Waals surface area contributed by atoms with Crippen LogP contribution in [0.3, 0.4) is 0 Å². The van der Waals surface area contributed by atoms with Gasteiger partial charge in [-0.15, -0.1) is 0 Å². The van der Waals surface area contributed by atoms with Gasteiger partial charge in [0.2, 0.25) is 0 Å². The number of amides is 3. The van der Waals surface area contributed by atoms with Crippen molar-refractivity contribution in [3.63, 3.8) is 0 Å². The molecule has 2 rings (SSSR count). The molecule has 1 aliphatic rings.